The molecule has 0 spiro atoms. The Labute approximate surface area is 152 Å². The molecule has 0 amide bonds. The Kier molecular flexibility index (Phi) is 4.83. The first-order valence-corrected chi connectivity index (χ1v) is 9.23. The average Bonchev–Trinajstić information content (AvgIpc) is 3.09. The van der Waals surface area contributed by atoms with Gasteiger partial charge in [0.2, 0.25) is 0 Å². The van der Waals surface area contributed by atoms with Crippen LogP contribution in [0.1, 0.15) is 50.1 Å². The van der Waals surface area contributed by atoms with E-state index in [1.54, 1.807) is 18.3 Å². The van der Waals surface area contributed by atoms with Crippen LogP contribution in [-0.4, -0.2) is 9.97 Å². The summed E-state index contributed by atoms with van der Waals surface area (Å²) < 4.78 is 11.7. The van der Waals surface area contributed by atoms with Gasteiger partial charge in [0.05, 0.1) is 0 Å². The number of benzene rings is 1. The van der Waals surface area contributed by atoms with Gasteiger partial charge in [-0.2, -0.15) is 5.26 Å². The second kappa shape index (κ2) is 7.57. The first-order chi connectivity index (χ1) is 12.8. The Morgan fingerprint density at radius 1 is 1.12 bits per heavy atom. The molecule has 5 nitrogen and oxygen atoms in total. The van der Waals surface area contributed by atoms with Crippen molar-refractivity contribution < 1.29 is 9.15 Å². The second-order valence-electron chi connectivity index (χ2n) is 6.87. The number of rotatable bonds is 5. The molecule has 1 aromatic carbocycles. The molecular formula is C21H21N3O2. The predicted molar refractivity (Wildman–Crippen MR) is 97.9 cm³/mol. The molecular weight excluding hydrogens is 326 g/mol. The van der Waals surface area contributed by atoms with Gasteiger partial charge < -0.3 is 9.15 Å². The van der Waals surface area contributed by atoms with Crippen molar-refractivity contribution in [1.82, 2.24) is 9.97 Å². The normalized spacial score (nSPS) is 15.0. The topological polar surface area (TPSA) is 71.9 Å². The average molecular weight is 347 g/mol. The largest absolute Gasteiger partial charge is 0.457 e. The number of aryl methyl sites for hydroxylation is 1. The summed E-state index contributed by atoms with van der Waals surface area (Å²) in [6, 6.07) is 11.0. The second-order valence-corrected chi connectivity index (χ2v) is 6.87. The number of nitrogens with zero attached hydrogens (tertiary/aromatic N) is 3. The predicted octanol–water partition coefficient (Wildman–Crippen LogP) is 5.40. The van der Waals surface area contributed by atoms with Crippen molar-refractivity contribution >= 4 is 11.1 Å². The number of fused-ring (bicyclic) bond motifs is 1. The fourth-order valence-electron chi connectivity index (χ4n) is 3.60. The third-order valence-corrected chi connectivity index (χ3v) is 4.98. The number of oxazole rings is 1. The van der Waals surface area contributed by atoms with Gasteiger partial charge in [-0.25, -0.2) is 9.97 Å². The van der Waals surface area contributed by atoms with Gasteiger partial charge in [0, 0.05) is 24.8 Å². The van der Waals surface area contributed by atoms with Gasteiger partial charge in [0.15, 0.2) is 11.5 Å². The Morgan fingerprint density at radius 3 is 2.81 bits per heavy atom. The van der Waals surface area contributed by atoms with Crippen LogP contribution in [0.4, 0.5) is 0 Å². The smallest absolute Gasteiger partial charge is 0.195 e. The van der Waals surface area contributed by atoms with Gasteiger partial charge in [-0.15, -0.1) is 0 Å². The molecule has 1 aliphatic rings. The van der Waals surface area contributed by atoms with Gasteiger partial charge in [-0.05, 0) is 30.5 Å². The lowest BCUT2D eigenvalue weighted by Gasteiger charge is -2.20. The lowest BCUT2D eigenvalue weighted by atomic mass is 9.86. The van der Waals surface area contributed by atoms with Crippen LogP contribution in [0.2, 0.25) is 0 Å². The van der Waals surface area contributed by atoms with Crippen LogP contribution in [-0.2, 0) is 6.42 Å². The fourth-order valence-corrected chi connectivity index (χ4v) is 3.60. The minimum Gasteiger partial charge on any atom is -0.457 e. The number of hydrogen-bond acceptors (Lipinski definition) is 5. The zero-order chi connectivity index (χ0) is 17.8. The lowest BCUT2D eigenvalue weighted by molar-refractivity contribution is 0.330. The van der Waals surface area contributed by atoms with E-state index in [0.29, 0.717) is 17.2 Å². The highest BCUT2D eigenvalue weighted by Gasteiger charge is 2.15. The monoisotopic (exact) mass is 347 g/mol. The van der Waals surface area contributed by atoms with E-state index in [1.165, 1.54) is 32.1 Å². The molecule has 2 heterocycles. The molecule has 0 atom stereocenters. The van der Waals surface area contributed by atoms with Gasteiger partial charge in [0.25, 0.3) is 0 Å². The molecule has 1 saturated carbocycles. The van der Waals surface area contributed by atoms with Crippen LogP contribution in [0.25, 0.3) is 11.1 Å². The van der Waals surface area contributed by atoms with Gasteiger partial charge in [-0.3, -0.25) is 0 Å². The standard InChI is InChI=1S/C21H21N3O2/c22-14-16-12-18(10-11-23-16)25-17-7-8-19-20(13-17)26-21(24-19)9-6-15-4-2-1-3-5-15/h7-8,10-13,15H,1-6,9H2. The Morgan fingerprint density at radius 2 is 1.96 bits per heavy atom. The van der Waals surface area contributed by atoms with E-state index in [1.807, 2.05) is 24.3 Å². The van der Waals surface area contributed by atoms with Crippen LogP contribution in [0.15, 0.2) is 40.9 Å². The first kappa shape index (κ1) is 16.6. The number of pyridine rings is 1. The summed E-state index contributed by atoms with van der Waals surface area (Å²) >= 11 is 0. The molecule has 2 aromatic heterocycles. The molecule has 0 aliphatic heterocycles. The van der Waals surface area contributed by atoms with Crippen LogP contribution in [0.3, 0.4) is 0 Å². The third kappa shape index (κ3) is 3.85. The fraction of sp³-hybridized carbons (Fsp3) is 0.381. The number of ether oxygens (including phenoxy) is 1. The molecule has 5 heteroatoms. The maximum atomic E-state index is 8.93. The maximum absolute atomic E-state index is 8.93. The summed E-state index contributed by atoms with van der Waals surface area (Å²) in [6.07, 6.45) is 10.4. The van der Waals surface area contributed by atoms with Crippen molar-refractivity contribution in [3.05, 3.63) is 48.1 Å². The van der Waals surface area contributed by atoms with Gasteiger partial charge in [0.1, 0.15) is 28.8 Å². The van der Waals surface area contributed by atoms with Crippen LogP contribution in [0, 0.1) is 17.2 Å². The van der Waals surface area contributed by atoms with E-state index in [-0.39, 0.29) is 0 Å². The van der Waals surface area contributed by atoms with Crippen molar-refractivity contribution in [1.29, 1.82) is 5.26 Å². The molecule has 1 aliphatic carbocycles. The summed E-state index contributed by atoms with van der Waals surface area (Å²) in [7, 11) is 0. The SMILES string of the molecule is N#Cc1cc(Oc2ccc3nc(CCC4CCCCC4)oc3c2)ccn1. The highest BCUT2D eigenvalue weighted by Crippen LogP contribution is 2.29. The van der Waals surface area contributed by atoms with Crippen molar-refractivity contribution in [3.63, 3.8) is 0 Å². The number of hydrogen-bond donors (Lipinski definition) is 0. The first-order valence-electron chi connectivity index (χ1n) is 9.23. The summed E-state index contributed by atoms with van der Waals surface area (Å²) in [5, 5.41) is 8.93. The highest BCUT2D eigenvalue weighted by atomic mass is 16.5. The van der Waals surface area contributed by atoms with Crippen LogP contribution in [0.5, 0.6) is 11.5 Å². The van der Waals surface area contributed by atoms with E-state index in [2.05, 4.69) is 9.97 Å². The van der Waals surface area contributed by atoms with Crippen LogP contribution < -0.4 is 4.74 Å². The van der Waals surface area contributed by atoms with Crippen molar-refractivity contribution in [2.24, 2.45) is 5.92 Å². The summed E-state index contributed by atoms with van der Waals surface area (Å²) in [4.78, 5) is 8.54. The molecule has 1 fully saturated rings. The van der Waals surface area contributed by atoms with Gasteiger partial charge >= 0.3 is 0 Å². The van der Waals surface area contributed by atoms with Crippen molar-refractivity contribution in [2.75, 3.05) is 0 Å². The molecule has 132 valence electrons. The Hall–Kier alpha value is -2.87. The maximum Gasteiger partial charge on any atom is 0.195 e. The quantitative estimate of drug-likeness (QED) is 0.618. The highest BCUT2D eigenvalue weighted by molar-refractivity contribution is 5.74. The number of aromatic nitrogens is 2. The van der Waals surface area contributed by atoms with E-state index >= 15 is 0 Å². The minimum absolute atomic E-state index is 0.327. The molecule has 0 bridgehead atoms. The van der Waals surface area contributed by atoms with Crippen LogP contribution >= 0.6 is 0 Å². The molecule has 4 rings (SSSR count). The van der Waals surface area contributed by atoms with Crippen molar-refractivity contribution in [3.8, 4) is 17.6 Å². The van der Waals surface area contributed by atoms with E-state index in [4.69, 9.17) is 14.4 Å². The summed E-state index contributed by atoms with van der Waals surface area (Å²) in [5.74, 6) is 2.85. The Bertz CT molecular complexity index is 936. The Balaban J connectivity index is 1.45. The van der Waals surface area contributed by atoms with E-state index < -0.39 is 0 Å². The number of nitriles is 1. The van der Waals surface area contributed by atoms with Crippen molar-refractivity contribution in [2.45, 2.75) is 44.9 Å². The van der Waals surface area contributed by atoms with E-state index in [9.17, 15) is 0 Å². The molecule has 0 radical (unpaired) electrons. The minimum atomic E-state index is 0.327. The molecule has 0 unspecified atom stereocenters. The zero-order valence-corrected chi connectivity index (χ0v) is 14.6. The third-order valence-electron chi connectivity index (χ3n) is 4.98. The molecule has 0 N–H and O–H groups in total. The summed E-state index contributed by atoms with van der Waals surface area (Å²) in [5.41, 5.74) is 1.91. The summed E-state index contributed by atoms with van der Waals surface area (Å²) in [6.45, 7) is 0. The zero-order valence-electron chi connectivity index (χ0n) is 14.6. The van der Waals surface area contributed by atoms with E-state index in [0.717, 1.165) is 35.7 Å². The van der Waals surface area contributed by atoms with Gasteiger partial charge in [-0.1, -0.05) is 32.1 Å². The molecule has 26 heavy (non-hydrogen) atoms. The lowest BCUT2D eigenvalue weighted by Crippen LogP contribution is -2.07. The molecule has 0 saturated heterocycles. The molecule has 3 aromatic rings.